The fraction of sp³-hybridized carbons (Fsp3) is 0.143. The minimum absolute atomic E-state index is 0.0464. The highest BCUT2D eigenvalue weighted by molar-refractivity contribution is 6.10. The maximum atomic E-state index is 13.2. The van der Waals surface area contributed by atoms with Crippen LogP contribution in [-0.4, -0.2) is 13.0 Å². The number of para-hydroxylation sites is 1. The molecule has 3 aromatic carbocycles. The van der Waals surface area contributed by atoms with Crippen molar-refractivity contribution in [3.63, 3.8) is 0 Å². The number of allylic oxidation sites excluding steroid dienone is 1. The van der Waals surface area contributed by atoms with Crippen LogP contribution in [0, 0.1) is 24.1 Å². The van der Waals surface area contributed by atoms with Gasteiger partial charge in [-0.25, -0.2) is 4.39 Å². The average molecular weight is 457 g/mol. The van der Waals surface area contributed by atoms with Gasteiger partial charge in [0, 0.05) is 11.3 Å². The zero-order chi connectivity index (χ0) is 24.5. The molecule has 0 aliphatic carbocycles. The average Bonchev–Trinajstić information content (AvgIpc) is 2.84. The highest BCUT2D eigenvalue weighted by atomic mass is 19.1. The Balaban J connectivity index is 1.90. The number of methoxy groups -OCH3 is 1. The standard InChI is InChI=1S/C28H25FN2O3/c1-4-7-22-14-21(15-23(17-30)28(32)31-25-9-6-5-8-19(25)2)16-26(33-3)27(22)34-18-20-10-12-24(29)13-11-20/h4-6,8-16H,1,7,18H2,2-3H3,(H,31,32)/b23-15+. The Bertz CT molecular complexity index is 1260. The van der Waals surface area contributed by atoms with Crippen molar-refractivity contribution >= 4 is 17.7 Å². The lowest BCUT2D eigenvalue weighted by Gasteiger charge is -2.16. The topological polar surface area (TPSA) is 71.4 Å². The van der Waals surface area contributed by atoms with Crippen molar-refractivity contribution in [2.45, 2.75) is 20.0 Å². The molecule has 0 saturated carbocycles. The summed E-state index contributed by atoms with van der Waals surface area (Å²) in [5.41, 5.74) is 3.68. The second-order valence-electron chi connectivity index (χ2n) is 7.56. The Labute approximate surface area is 198 Å². The van der Waals surface area contributed by atoms with E-state index in [2.05, 4.69) is 11.9 Å². The number of benzene rings is 3. The number of hydrogen-bond donors (Lipinski definition) is 1. The van der Waals surface area contributed by atoms with Gasteiger partial charge in [0.2, 0.25) is 0 Å². The fourth-order valence-corrected chi connectivity index (χ4v) is 3.34. The number of hydrogen-bond acceptors (Lipinski definition) is 4. The van der Waals surface area contributed by atoms with E-state index in [1.54, 1.807) is 30.3 Å². The number of nitriles is 1. The molecule has 0 saturated heterocycles. The lowest BCUT2D eigenvalue weighted by atomic mass is 10.0. The van der Waals surface area contributed by atoms with Gasteiger partial charge in [0.25, 0.3) is 5.91 Å². The SMILES string of the molecule is C=CCc1cc(/C=C(\C#N)C(=O)Nc2ccccc2C)cc(OC)c1OCc1ccc(F)cc1. The van der Waals surface area contributed by atoms with Crippen LogP contribution in [0.3, 0.4) is 0 Å². The Morgan fingerprint density at radius 3 is 2.56 bits per heavy atom. The molecule has 3 rings (SSSR count). The van der Waals surface area contributed by atoms with Crippen molar-refractivity contribution in [3.8, 4) is 17.6 Å². The van der Waals surface area contributed by atoms with Gasteiger partial charge in [-0.2, -0.15) is 5.26 Å². The van der Waals surface area contributed by atoms with Crippen molar-refractivity contribution in [3.05, 3.63) is 107 Å². The quantitative estimate of drug-likeness (QED) is 0.244. The van der Waals surface area contributed by atoms with E-state index in [0.717, 1.165) is 16.7 Å². The van der Waals surface area contributed by atoms with Crippen LogP contribution in [0.4, 0.5) is 10.1 Å². The molecule has 0 atom stereocenters. The molecule has 0 radical (unpaired) electrons. The maximum absolute atomic E-state index is 13.2. The van der Waals surface area contributed by atoms with Gasteiger partial charge in [-0.3, -0.25) is 4.79 Å². The molecule has 0 unspecified atom stereocenters. The van der Waals surface area contributed by atoms with E-state index in [1.807, 2.05) is 37.3 Å². The van der Waals surface area contributed by atoms with Crippen molar-refractivity contribution in [1.82, 2.24) is 0 Å². The van der Waals surface area contributed by atoms with Gasteiger partial charge in [-0.05, 0) is 66.4 Å². The molecule has 0 aliphatic rings. The Morgan fingerprint density at radius 2 is 1.91 bits per heavy atom. The summed E-state index contributed by atoms with van der Waals surface area (Å²) in [5.74, 6) is 0.151. The Kier molecular flexibility index (Phi) is 8.20. The van der Waals surface area contributed by atoms with Crippen molar-refractivity contribution in [2.75, 3.05) is 12.4 Å². The molecule has 0 heterocycles. The number of anilines is 1. The van der Waals surface area contributed by atoms with Crippen LogP contribution in [0.5, 0.6) is 11.5 Å². The summed E-state index contributed by atoms with van der Waals surface area (Å²) in [6.45, 7) is 5.90. The molecular weight excluding hydrogens is 431 g/mol. The fourth-order valence-electron chi connectivity index (χ4n) is 3.34. The highest BCUT2D eigenvalue weighted by Crippen LogP contribution is 2.35. The van der Waals surface area contributed by atoms with Gasteiger partial charge in [0.1, 0.15) is 24.1 Å². The monoisotopic (exact) mass is 456 g/mol. The smallest absolute Gasteiger partial charge is 0.266 e. The first-order valence-corrected chi connectivity index (χ1v) is 10.6. The zero-order valence-corrected chi connectivity index (χ0v) is 19.1. The third-order valence-electron chi connectivity index (χ3n) is 5.10. The van der Waals surface area contributed by atoms with Crippen molar-refractivity contribution in [2.24, 2.45) is 0 Å². The summed E-state index contributed by atoms with van der Waals surface area (Å²) in [5, 5.41) is 12.4. The van der Waals surface area contributed by atoms with Gasteiger partial charge >= 0.3 is 0 Å². The highest BCUT2D eigenvalue weighted by Gasteiger charge is 2.15. The number of ether oxygens (including phenoxy) is 2. The lowest BCUT2D eigenvalue weighted by molar-refractivity contribution is -0.112. The molecule has 3 aromatic rings. The predicted molar refractivity (Wildman–Crippen MR) is 131 cm³/mol. The molecule has 0 bridgehead atoms. The normalized spacial score (nSPS) is 10.8. The van der Waals surface area contributed by atoms with Gasteiger partial charge in [-0.15, -0.1) is 6.58 Å². The van der Waals surface area contributed by atoms with Crippen LogP contribution in [0.15, 0.2) is 78.9 Å². The number of rotatable bonds is 9. The van der Waals surface area contributed by atoms with E-state index in [0.29, 0.717) is 29.2 Å². The molecule has 6 heteroatoms. The number of carbonyl (C=O) groups is 1. The Hall–Kier alpha value is -4.37. The largest absolute Gasteiger partial charge is 0.493 e. The maximum Gasteiger partial charge on any atom is 0.266 e. The summed E-state index contributed by atoms with van der Waals surface area (Å²) in [4.78, 5) is 12.7. The van der Waals surface area contributed by atoms with Crippen LogP contribution in [-0.2, 0) is 17.8 Å². The van der Waals surface area contributed by atoms with Gasteiger partial charge in [0.15, 0.2) is 11.5 Å². The van der Waals surface area contributed by atoms with Crippen LogP contribution >= 0.6 is 0 Å². The van der Waals surface area contributed by atoms with E-state index in [9.17, 15) is 14.4 Å². The molecule has 0 fully saturated rings. The number of amides is 1. The van der Waals surface area contributed by atoms with Crippen LogP contribution in [0.1, 0.15) is 22.3 Å². The van der Waals surface area contributed by atoms with E-state index < -0.39 is 5.91 Å². The molecule has 34 heavy (non-hydrogen) atoms. The summed E-state index contributed by atoms with van der Waals surface area (Å²) in [7, 11) is 1.52. The minimum Gasteiger partial charge on any atom is -0.493 e. The summed E-state index contributed by atoms with van der Waals surface area (Å²) >= 11 is 0. The predicted octanol–water partition coefficient (Wildman–Crippen LogP) is 6.00. The van der Waals surface area contributed by atoms with Crippen molar-refractivity contribution < 1.29 is 18.7 Å². The molecule has 0 spiro atoms. The number of carbonyl (C=O) groups excluding carboxylic acids is 1. The number of aryl methyl sites for hydroxylation is 1. The first-order valence-electron chi connectivity index (χ1n) is 10.6. The molecule has 0 aliphatic heterocycles. The molecule has 5 nitrogen and oxygen atoms in total. The Morgan fingerprint density at radius 1 is 1.18 bits per heavy atom. The van der Waals surface area contributed by atoms with E-state index in [4.69, 9.17) is 9.47 Å². The third kappa shape index (κ3) is 6.11. The number of nitrogens with zero attached hydrogens (tertiary/aromatic N) is 1. The number of halogens is 1. The third-order valence-corrected chi connectivity index (χ3v) is 5.10. The van der Waals surface area contributed by atoms with Gasteiger partial charge in [-0.1, -0.05) is 36.4 Å². The van der Waals surface area contributed by atoms with Gasteiger partial charge < -0.3 is 14.8 Å². The minimum atomic E-state index is -0.502. The summed E-state index contributed by atoms with van der Waals surface area (Å²) in [6, 6.07) is 18.9. The number of nitrogens with one attached hydrogen (secondary N) is 1. The first-order chi connectivity index (χ1) is 16.4. The van der Waals surface area contributed by atoms with Crippen LogP contribution in [0.25, 0.3) is 6.08 Å². The van der Waals surface area contributed by atoms with Crippen molar-refractivity contribution in [1.29, 1.82) is 5.26 Å². The molecule has 0 aromatic heterocycles. The van der Waals surface area contributed by atoms with E-state index in [1.165, 1.54) is 25.3 Å². The molecule has 1 N–H and O–H groups in total. The van der Waals surface area contributed by atoms with E-state index >= 15 is 0 Å². The van der Waals surface area contributed by atoms with E-state index in [-0.39, 0.29) is 18.0 Å². The molecule has 1 amide bonds. The van der Waals surface area contributed by atoms with Gasteiger partial charge in [0.05, 0.1) is 7.11 Å². The summed E-state index contributed by atoms with van der Waals surface area (Å²) in [6.07, 6.45) is 3.71. The lowest BCUT2D eigenvalue weighted by Crippen LogP contribution is -2.14. The first kappa shape index (κ1) is 24.3. The second kappa shape index (κ2) is 11.5. The second-order valence-corrected chi connectivity index (χ2v) is 7.56. The molecular formula is C28H25FN2O3. The molecule has 172 valence electrons. The van der Waals surface area contributed by atoms with Crippen LogP contribution < -0.4 is 14.8 Å². The summed E-state index contributed by atoms with van der Waals surface area (Å²) < 4.78 is 24.7. The van der Waals surface area contributed by atoms with Crippen LogP contribution in [0.2, 0.25) is 0 Å². The zero-order valence-electron chi connectivity index (χ0n) is 19.1.